The molecule has 3 aromatic carbocycles. The van der Waals surface area contributed by atoms with Crippen molar-refractivity contribution in [2.24, 2.45) is 0 Å². The van der Waals surface area contributed by atoms with E-state index in [1.807, 2.05) is 26.8 Å². The summed E-state index contributed by atoms with van der Waals surface area (Å²) in [7, 11) is -3.55. The maximum absolute atomic E-state index is 12.9. The number of anilines is 2. The van der Waals surface area contributed by atoms with Gasteiger partial charge in [-0.15, -0.1) is 0 Å². The first-order chi connectivity index (χ1) is 16.3. The zero-order valence-electron chi connectivity index (χ0n) is 19.9. The van der Waals surface area contributed by atoms with Crippen molar-refractivity contribution in [3.05, 3.63) is 66.2 Å². The number of fused-ring (bicyclic) bond motifs is 3. The number of hydrogen-bond donors (Lipinski definition) is 2. The number of hydrogen-bond acceptors (Lipinski definition) is 3. The summed E-state index contributed by atoms with van der Waals surface area (Å²) in [6, 6.07) is 19.7. The summed E-state index contributed by atoms with van der Waals surface area (Å²) < 4.78 is 29.6. The molecule has 2 N–H and O–H groups in total. The number of thiocarbonyl (C=S) groups is 1. The lowest BCUT2D eigenvalue weighted by atomic mass is 10.1. The number of nitrogens with zero attached hydrogens (tertiary/aromatic N) is 2. The summed E-state index contributed by atoms with van der Waals surface area (Å²) in [6.45, 7) is 9.48. The highest BCUT2D eigenvalue weighted by Gasteiger charge is 2.22. The van der Waals surface area contributed by atoms with Crippen LogP contribution in [0.3, 0.4) is 0 Å². The number of nitrogens with one attached hydrogen (secondary N) is 2. The molecule has 1 heterocycles. The van der Waals surface area contributed by atoms with Gasteiger partial charge in [0.1, 0.15) is 0 Å². The molecule has 4 aromatic rings. The molecular weight excluding hydrogens is 464 g/mol. The number of para-hydroxylation sites is 1. The Labute approximate surface area is 206 Å². The minimum Gasteiger partial charge on any atom is -0.341 e. The second-order valence-corrected chi connectivity index (χ2v) is 10.5. The van der Waals surface area contributed by atoms with Crippen molar-refractivity contribution in [1.29, 1.82) is 0 Å². The van der Waals surface area contributed by atoms with E-state index in [1.165, 1.54) is 20.7 Å². The second kappa shape index (κ2) is 9.74. The van der Waals surface area contributed by atoms with E-state index in [9.17, 15) is 8.42 Å². The van der Waals surface area contributed by atoms with E-state index < -0.39 is 10.0 Å². The molecule has 0 saturated heterocycles. The quantitative estimate of drug-likeness (QED) is 0.310. The third-order valence-electron chi connectivity index (χ3n) is 6.15. The van der Waals surface area contributed by atoms with Gasteiger partial charge in [0, 0.05) is 52.8 Å². The summed E-state index contributed by atoms with van der Waals surface area (Å²) in [5.41, 5.74) is 4.82. The first kappa shape index (κ1) is 24.2. The third kappa shape index (κ3) is 4.41. The topological polar surface area (TPSA) is 66.4 Å². The molecule has 1 aromatic heterocycles. The summed E-state index contributed by atoms with van der Waals surface area (Å²) in [5, 5.41) is 9.20. The molecule has 0 saturated carbocycles. The largest absolute Gasteiger partial charge is 0.341 e. The highest BCUT2D eigenvalue weighted by Crippen LogP contribution is 2.31. The fraction of sp³-hybridized carbons (Fsp3) is 0.269. The van der Waals surface area contributed by atoms with E-state index in [0.717, 1.165) is 23.2 Å². The van der Waals surface area contributed by atoms with Crippen molar-refractivity contribution >= 4 is 60.5 Å². The van der Waals surface area contributed by atoms with E-state index in [-0.39, 0.29) is 4.90 Å². The fourth-order valence-corrected chi connectivity index (χ4v) is 6.08. The van der Waals surface area contributed by atoms with E-state index in [4.69, 9.17) is 12.2 Å². The van der Waals surface area contributed by atoms with Gasteiger partial charge in [0.05, 0.1) is 4.90 Å². The van der Waals surface area contributed by atoms with Gasteiger partial charge in [-0.1, -0.05) is 38.1 Å². The van der Waals surface area contributed by atoms with Crippen LogP contribution in [0.2, 0.25) is 0 Å². The average Bonchev–Trinajstić information content (AvgIpc) is 3.14. The third-order valence-corrected chi connectivity index (χ3v) is 8.40. The van der Waals surface area contributed by atoms with Gasteiger partial charge in [-0.2, -0.15) is 4.31 Å². The van der Waals surface area contributed by atoms with Crippen molar-refractivity contribution in [2.45, 2.75) is 39.1 Å². The normalized spacial score (nSPS) is 11.9. The Morgan fingerprint density at radius 1 is 0.912 bits per heavy atom. The Morgan fingerprint density at radius 2 is 1.62 bits per heavy atom. The van der Waals surface area contributed by atoms with Crippen LogP contribution in [0.5, 0.6) is 0 Å². The van der Waals surface area contributed by atoms with Gasteiger partial charge in [-0.05, 0) is 68.0 Å². The fourth-order valence-electron chi connectivity index (χ4n) is 4.37. The van der Waals surface area contributed by atoms with Crippen LogP contribution in [0, 0.1) is 6.92 Å². The predicted octanol–water partition coefficient (Wildman–Crippen LogP) is 5.96. The minimum atomic E-state index is -3.55. The van der Waals surface area contributed by atoms with Gasteiger partial charge in [0.15, 0.2) is 5.11 Å². The van der Waals surface area contributed by atoms with Crippen LogP contribution in [-0.2, 0) is 16.6 Å². The molecule has 0 unspecified atom stereocenters. The highest BCUT2D eigenvalue weighted by molar-refractivity contribution is 7.89. The summed E-state index contributed by atoms with van der Waals surface area (Å²) in [5.74, 6) is 0. The molecule has 178 valence electrons. The molecule has 0 radical (unpaired) electrons. The molecule has 0 bridgehead atoms. The van der Waals surface area contributed by atoms with Gasteiger partial charge in [0.25, 0.3) is 0 Å². The lowest BCUT2D eigenvalue weighted by molar-refractivity contribution is 0.445. The maximum Gasteiger partial charge on any atom is 0.243 e. The van der Waals surface area contributed by atoms with Crippen molar-refractivity contribution in [3.8, 4) is 0 Å². The molecule has 34 heavy (non-hydrogen) atoms. The van der Waals surface area contributed by atoms with Crippen molar-refractivity contribution < 1.29 is 8.42 Å². The van der Waals surface area contributed by atoms with Crippen molar-refractivity contribution in [3.63, 3.8) is 0 Å². The zero-order chi connectivity index (χ0) is 24.5. The maximum atomic E-state index is 12.9. The minimum absolute atomic E-state index is 0.251. The smallest absolute Gasteiger partial charge is 0.243 e. The highest BCUT2D eigenvalue weighted by atomic mass is 32.2. The number of benzene rings is 3. The van der Waals surface area contributed by atoms with Gasteiger partial charge >= 0.3 is 0 Å². The molecule has 8 heteroatoms. The number of aryl methyl sites for hydroxylation is 2. The van der Waals surface area contributed by atoms with Crippen LogP contribution in [0.25, 0.3) is 21.8 Å². The Balaban J connectivity index is 1.60. The zero-order valence-corrected chi connectivity index (χ0v) is 21.6. The molecule has 0 atom stereocenters. The lowest BCUT2D eigenvalue weighted by Crippen LogP contribution is -2.30. The molecule has 0 fully saturated rings. The first-order valence-electron chi connectivity index (χ1n) is 11.5. The Bertz CT molecular complexity index is 1470. The van der Waals surface area contributed by atoms with Crippen LogP contribution in [0.4, 0.5) is 11.4 Å². The SMILES string of the molecule is CCN(CC)S(=O)(=O)c1ccc(C)c(NC(=S)Nc2ccc3c(c2)c2ccccc2n3CC)c1. The molecule has 6 nitrogen and oxygen atoms in total. The van der Waals surface area contributed by atoms with E-state index >= 15 is 0 Å². The number of aromatic nitrogens is 1. The van der Waals surface area contributed by atoms with Gasteiger partial charge in [0.2, 0.25) is 10.0 Å². The van der Waals surface area contributed by atoms with Crippen LogP contribution in [0.1, 0.15) is 26.3 Å². The summed E-state index contributed by atoms with van der Waals surface area (Å²) in [6.07, 6.45) is 0. The number of rotatable bonds is 7. The van der Waals surface area contributed by atoms with E-state index in [0.29, 0.717) is 23.9 Å². The summed E-state index contributed by atoms with van der Waals surface area (Å²) >= 11 is 5.57. The molecule has 0 aliphatic heterocycles. The van der Waals surface area contributed by atoms with Crippen LogP contribution >= 0.6 is 12.2 Å². The van der Waals surface area contributed by atoms with E-state index in [1.54, 1.807) is 18.2 Å². The van der Waals surface area contributed by atoms with Gasteiger partial charge in [-0.3, -0.25) is 0 Å². The molecular formula is C26H30N4O2S2. The van der Waals surface area contributed by atoms with Gasteiger partial charge < -0.3 is 15.2 Å². The molecule has 0 aliphatic rings. The Hall–Kier alpha value is -2.94. The lowest BCUT2D eigenvalue weighted by Gasteiger charge is -2.20. The van der Waals surface area contributed by atoms with E-state index in [2.05, 4.69) is 58.5 Å². The second-order valence-electron chi connectivity index (χ2n) is 8.14. The molecule has 0 spiro atoms. The first-order valence-corrected chi connectivity index (χ1v) is 13.3. The molecule has 4 rings (SSSR count). The van der Waals surface area contributed by atoms with Crippen LogP contribution < -0.4 is 10.6 Å². The summed E-state index contributed by atoms with van der Waals surface area (Å²) in [4.78, 5) is 0.251. The van der Waals surface area contributed by atoms with Crippen molar-refractivity contribution in [2.75, 3.05) is 23.7 Å². The molecule has 0 aliphatic carbocycles. The Kier molecular flexibility index (Phi) is 6.93. The van der Waals surface area contributed by atoms with Crippen LogP contribution in [0.15, 0.2) is 65.6 Å². The predicted molar refractivity (Wildman–Crippen MR) is 146 cm³/mol. The van der Waals surface area contributed by atoms with Crippen LogP contribution in [-0.4, -0.2) is 35.5 Å². The Morgan fingerprint density at radius 3 is 2.32 bits per heavy atom. The van der Waals surface area contributed by atoms with Crippen molar-refractivity contribution in [1.82, 2.24) is 8.87 Å². The monoisotopic (exact) mass is 494 g/mol. The number of sulfonamides is 1. The molecule has 0 amide bonds. The average molecular weight is 495 g/mol. The van der Waals surface area contributed by atoms with Gasteiger partial charge in [-0.25, -0.2) is 8.42 Å². The standard InChI is InChI=1S/C26H30N4O2S2/c1-5-29(6-2)34(31,32)20-14-12-18(4)23(17-20)28-26(33)27-19-13-15-25-22(16-19)21-10-8-9-11-24(21)30(25)7-3/h8-17H,5-7H2,1-4H3,(H2,27,28,33).